The van der Waals surface area contributed by atoms with Crippen molar-refractivity contribution in [3.63, 3.8) is 0 Å². The Morgan fingerprint density at radius 2 is 2.04 bits per heavy atom. The highest BCUT2D eigenvalue weighted by Gasteiger charge is 2.17. The van der Waals surface area contributed by atoms with Gasteiger partial charge in [0.05, 0.1) is 24.1 Å². The van der Waals surface area contributed by atoms with E-state index in [0.717, 1.165) is 11.3 Å². The van der Waals surface area contributed by atoms with Gasteiger partial charge in [-0.25, -0.2) is 8.42 Å². The number of sulfonamides is 1. The van der Waals surface area contributed by atoms with Gasteiger partial charge in [0.1, 0.15) is 15.7 Å². The van der Waals surface area contributed by atoms with Crippen LogP contribution in [0.2, 0.25) is 0 Å². The number of benzene rings is 1. The maximum absolute atomic E-state index is 12.2. The van der Waals surface area contributed by atoms with Gasteiger partial charge in [-0.2, -0.15) is 0 Å². The van der Waals surface area contributed by atoms with Gasteiger partial charge in [0, 0.05) is 6.07 Å². The number of amides is 1. The van der Waals surface area contributed by atoms with Crippen molar-refractivity contribution in [3.05, 3.63) is 65.4 Å². The third-order valence-corrected chi connectivity index (χ3v) is 6.04. The van der Waals surface area contributed by atoms with Crippen LogP contribution in [0.25, 0.3) is 0 Å². The molecule has 0 aliphatic carbocycles. The van der Waals surface area contributed by atoms with E-state index in [-0.39, 0.29) is 27.8 Å². The summed E-state index contributed by atoms with van der Waals surface area (Å²) in [7, 11) is -3.72. The van der Waals surface area contributed by atoms with Gasteiger partial charge in [0.15, 0.2) is 0 Å². The number of phenols is 1. The van der Waals surface area contributed by atoms with Crippen LogP contribution in [0.5, 0.6) is 5.75 Å². The first-order chi connectivity index (χ1) is 12.0. The lowest BCUT2D eigenvalue weighted by atomic mass is 10.1. The number of rotatable bonds is 6. The van der Waals surface area contributed by atoms with Crippen molar-refractivity contribution < 1.29 is 22.7 Å². The normalized spacial score (nSPS) is 11.2. The van der Waals surface area contributed by atoms with E-state index in [1.54, 1.807) is 23.6 Å². The van der Waals surface area contributed by atoms with Crippen LogP contribution in [0.4, 0.5) is 5.69 Å². The smallest absolute Gasteiger partial charge is 0.271 e. The summed E-state index contributed by atoms with van der Waals surface area (Å²) in [6, 6.07) is 10.5. The Hall–Kier alpha value is -2.78. The molecule has 0 atom stereocenters. The second-order valence-electron chi connectivity index (χ2n) is 5.03. The molecule has 1 aromatic carbocycles. The number of thiophene rings is 1. The molecule has 7 nitrogen and oxygen atoms in total. The highest BCUT2D eigenvalue weighted by atomic mass is 32.2. The maximum Gasteiger partial charge on any atom is 0.271 e. The molecule has 1 amide bonds. The van der Waals surface area contributed by atoms with E-state index in [4.69, 9.17) is 4.42 Å². The molecule has 0 saturated carbocycles. The Kier molecular flexibility index (Phi) is 4.77. The number of hydrogen-bond acceptors (Lipinski definition) is 6. The molecule has 0 unspecified atom stereocenters. The standard InChI is InChI=1S/C16H14N2O5S2/c19-14-9-11(18-25(21,22)15-4-2-8-24-15)5-6-13(14)16(20)17-10-12-3-1-7-23-12/h1-9,18-19H,10H2,(H,17,20). The number of carbonyl (C=O) groups excluding carboxylic acids is 1. The van der Waals surface area contributed by atoms with Crippen LogP contribution in [-0.4, -0.2) is 19.4 Å². The van der Waals surface area contributed by atoms with E-state index in [9.17, 15) is 18.3 Å². The molecule has 25 heavy (non-hydrogen) atoms. The molecule has 3 aromatic rings. The average Bonchev–Trinajstić information content (AvgIpc) is 3.26. The van der Waals surface area contributed by atoms with E-state index < -0.39 is 15.9 Å². The van der Waals surface area contributed by atoms with Crippen LogP contribution >= 0.6 is 11.3 Å². The van der Waals surface area contributed by atoms with Crippen molar-refractivity contribution in [1.82, 2.24) is 5.32 Å². The average molecular weight is 378 g/mol. The first kappa shape index (κ1) is 17.1. The van der Waals surface area contributed by atoms with Crippen LogP contribution in [0.1, 0.15) is 16.1 Å². The molecule has 0 aliphatic heterocycles. The third kappa shape index (κ3) is 4.01. The number of carbonyl (C=O) groups is 1. The number of phenolic OH excluding ortho intramolecular Hbond substituents is 1. The number of aromatic hydroxyl groups is 1. The molecular weight excluding hydrogens is 364 g/mol. The van der Waals surface area contributed by atoms with Crippen LogP contribution in [0.3, 0.4) is 0 Å². The van der Waals surface area contributed by atoms with Crippen molar-refractivity contribution in [1.29, 1.82) is 0 Å². The van der Waals surface area contributed by atoms with Crippen molar-refractivity contribution in [2.45, 2.75) is 10.8 Å². The minimum Gasteiger partial charge on any atom is -0.507 e. The van der Waals surface area contributed by atoms with Gasteiger partial charge < -0.3 is 14.8 Å². The van der Waals surface area contributed by atoms with Gasteiger partial charge >= 0.3 is 0 Å². The van der Waals surface area contributed by atoms with Gasteiger partial charge in [0.2, 0.25) is 0 Å². The first-order valence-electron chi connectivity index (χ1n) is 7.15. The Morgan fingerprint density at radius 1 is 1.20 bits per heavy atom. The Bertz CT molecular complexity index is 964. The first-order valence-corrected chi connectivity index (χ1v) is 9.52. The van der Waals surface area contributed by atoms with E-state index in [1.807, 2.05) is 0 Å². The summed E-state index contributed by atoms with van der Waals surface area (Å²) in [5.41, 5.74) is 0.194. The van der Waals surface area contributed by atoms with Crippen LogP contribution in [0, 0.1) is 0 Å². The molecule has 0 aliphatic rings. The Morgan fingerprint density at radius 3 is 2.68 bits per heavy atom. The molecule has 0 spiro atoms. The van der Waals surface area contributed by atoms with Gasteiger partial charge in [-0.05, 0) is 35.7 Å². The number of furan rings is 1. The molecule has 0 radical (unpaired) electrons. The highest BCUT2D eigenvalue weighted by Crippen LogP contribution is 2.25. The molecule has 9 heteroatoms. The summed E-state index contributed by atoms with van der Waals surface area (Å²) in [5, 5.41) is 14.3. The molecule has 3 N–H and O–H groups in total. The van der Waals surface area contributed by atoms with Gasteiger partial charge in [-0.15, -0.1) is 11.3 Å². The quantitative estimate of drug-likeness (QED) is 0.611. The molecule has 2 heterocycles. The lowest BCUT2D eigenvalue weighted by Crippen LogP contribution is -2.22. The minimum atomic E-state index is -3.72. The summed E-state index contributed by atoms with van der Waals surface area (Å²) in [6.45, 7) is 0.179. The number of hydrogen-bond donors (Lipinski definition) is 3. The fourth-order valence-corrected chi connectivity index (χ4v) is 4.13. The molecule has 130 valence electrons. The zero-order valence-corrected chi connectivity index (χ0v) is 14.4. The summed E-state index contributed by atoms with van der Waals surface area (Å²) >= 11 is 1.08. The molecule has 3 rings (SSSR count). The minimum absolute atomic E-state index is 0.0330. The monoisotopic (exact) mass is 378 g/mol. The summed E-state index contributed by atoms with van der Waals surface area (Å²) in [4.78, 5) is 12.1. The van der Waals surface area contributed by atoms with Crippen LogP contribution in [-0.2, 0) is 16.6 Å². The Labute approximate surface area is 148 Å². The fourth-order valence-electron chi connectivity index (χ4n) is 2.08. The molecule has 0 bridgehead atoms. The maximum atomic E-state index is 12.2. The lowest BCUT2D eigenvalue weighted by molar-refractivity contribution is 0.0945. The van der Waals surface area contributed by atoms with E-state index >= 15 is 0 Å². The van der Waals surface area contributed by atoms with E-state index in [1.165, 1.54) is 30.5 Å². The largest absolute Gasteiger partial charge is 0.507 e. The zero-order chi connectivity index (χ0) is 17.9. The molecule has 2 aromatic heterocycles. The SMILES string of the molecule is O=C(NCc1ccco1)c1ccc(NS(=O)(=O)c2cccs2)cc1O. The summed E-state index contributed by atoms with van der Waals surface area (Å²) < 4.78 is 31.9. The lowest BCUT2D eigenvalue weighted by Gasteiger charge is -2.09. The van der Waals surface area contributed by atoms with Crippen LogP contribution in [0.15, 0.2) is 62.7 Å². The number of anilines is 1. The number of nitrogens with one attached hydrogen (secondary N) is 2. The fraction of sp³-hybridized carbons (Fsp3) is 0.0625. The van der Waals surface area contributed by atoms with E-state index in [2.05, 4.69) is 10.0 Å². The predicted molar refractivity (Wildman–Crippen MR) is 93.1 cm³/mol. The van der Waals surface area contributed by atoms with E-state index in [0.29, 0.717) is 5.76 Å². The summed E-state index contributed by atoms with van der Waals surface area (Å²) in [5.74, 6) is -0.252. The van der Waals surface area contributed by atoms with Crippen molar-refractivity contribution in [2.75, 3.05) is 4.72 Å². The second kappa shape index (κ2) is 6.99. The van der Waals surface area contributed by atoms with Crippen molar-refractivity contribution >= 4 is 33.0 Å². The second-order valence-corrected chi connectivity index (χ2v) is 7.89. The van der Waals surface area contributed by atoms with Crippen molar-refractivity contribution in [2.24, 2.45) is 0 Å². The highest BCUT2D eigenvalue weighted by molar-refractivity contribution is 7.94. The molecular formula is C16H14N2O5S2. The molecule has 0 saturated heterocycles. The Balaban J connectivity index is 1.71. The van der Waals surface area contributed by atoms with Gasteiger partial charge in [-0.3, -0.25) is 9.52 Å². The molecule has 0 fully saturated rings. The van der Waals surface area contributed by atoms with Crippen LogP contribution < -0.4 is 10.0 Å². The van der Waals surface area contributed by atoms with Gasteiger partial charge in [-0.1, -0.05) is 6.07 Å². The summed E-state index contributed by atoms with van der Waals surface area (Å²) in [6.07, 6.45) is 1.49. The third-order valence-electron chi connectivity index (χ3n) is 3.26. The van der Waals surface area contributed by atoms with Gasteiger partial charge in [0.25, 0.3) is 15.9 Å². The topological polar surface area (TPSA) is 109 Å². The predicted octanol–water partition coefficient (Wildman–Crippen LogP) is 2.78. The van der Waals surface area contributed by atoms with Crippen molar-refractivity contribution in [3.8, 4) is 5.75 Å². The zero-order valence-electron chi connectivity index (χ0n) is 12.8.